The number of benzene rings is 2. The first-order chi connectivity index (χ1) is 17.2. The van der Waals surface area contributed by atoms with Gasteiger partial charge in [0.25, 0.3) is 11.6 Å². The fourth-order valence-electron chi connectivity index (χ4n) is 4.26. The Labute approximate surface area is 205 Å². The molecule has 2 heterocycles. The number of piperazine rings is 1. The second kappa shape index (κ2) is 10.6. The molecule has 1 aromatic heterocycles. The third kappa shape index (κ3) is 5.57. The lowest BCUT2D eigenvalue weighted by Crippen LogP contribution is -2.49. The normalized spacial score (nSPS) is 14.0. The fourth-order valence-corrected chi connectivity index (χ4v) is 4.26. The first-order valence-electron chi connectivity index (χ1n) is 11.4. The van der Waals surface area contributed by atoms with Gasteiger partial charge in [-0.15, -0.1) is 0 Å². The average molecular weight is 498 g/mol. The third-order valence-corrected chi connectivity index (χ3v) is 6.14. The van der Waals surface area contributed by atoms with E-state index in [4.69, 9.17) is 0 Å². The number of halogens is 2. The Morgan fingerprint density at radius 1 is 1.06 bits per heavy atom. The van der Waals surface area contributed by atoms with E-state index in [0.717, 1.165) is 18.2 Å². The zero-order valence-corrected chi connectivity index (χ0v) is 19.6. The highest BCUT2D eigenvalue weighted by Crippen LogP contribution is 2.34. The van der Waals surface area contributed by atoms with Crippen molar-refractivity contribution in [1.82, 2.24) is 20.1 Å². The number of carbonyl (C=O) groups excluding carboxylic acids is 2. The highest BCUT2D eigenvalue weighted by atomic mass is 19.1. The summed E-state index contributed by atoms with van der Waals surface area (Å²) in [5.74, 6) is -2.03. The summed E-state index contributed by atoms with van der Waals surface area (Å²) < 4.78 is 27.7. The number of para-hydroxylation sites is 1. The first-order valence-corrected chi connectivity index (χ1v) is 11.4. The van der Waals surface area contributed by atoms with Crippen molar-refractivity contribution in [3.63, 3.8) is 0 Å². The molecule has 36 heavy (non-hydrogen) atoms. The molecule has 0 bridgehead atoms. The van der Waals surface area contributed by atoms with Crippen molar-refractivity contribution in [2.75, 3.05) is 39.3 Å². The Morgan fingerprint density at radius 3 is 2.36 bits per heavy atom. The minimum atomic E-state index is -0.789. The number of hydrogen-bond donors (Lipinski definition) is 2. The standard InChI is InChI=1S/C25H25F2N5O4/c1-16(33)31-10-8-30(9-11-31)7-6-28-25(34)21-15-22(17-12-18(26)14-19(27)13-17)29-24(21)20-4-2-3-5-23(20)32(35)36/h2-5,12-15,29H,6-11H2,1H3,(H,28,34). The van der Waals surface area contributed by atoms with Crippen LogP contribution in [-0.4, -0.2) is 70.8 Å². The summed E-state index contributed by atoms with van der Waals surface area (Å²) in [7, 11) is 0. The molecule has 0 aliphatic carbocycles. The molecule has 1 aliphatic rings. The molecule has 2 aromatic carbocycles. The number of nitrogens with one attached hydrogen (secondary N) is 2. The summed E-state index contributed by atoms with van der Waals surface area (Å²) in [4.78, 5) is 42.6. The number of hydrogen-bond acceptors (Lipinski definition) is 5. The van der Waals surface area contributed by atoms with E-state index < -0.39 is 22.5 Å². The molecule has 0 atom stereocenters. The maximum atomic E-state index is 13.8. The smallest absolute Gasteiger partial charge is 0.278 e. The van der Waals surface area contributed by atoms with Crippen molar-refractivity contribution < 1.29 is 23.3 Å². The molecule has 0 unspecified atom stereocenters. The minimum absolute atomic E-state index is 0.0342. The van der Waals surface area contributed by atoms with E-state index in [1.807, 2.05) is 0 Å². The summed E-state index contributed by atoms with van der Waals surface area (Å²) in [6.07, 6.45) is 0. The van der Waals surface area contributed by atoms with E-state index in [2.05, 4.69) is 15.2 Å². The lowest BCUT2D eigenvalue weighted by atomic mass is 10.1. The lowest BCUT2D eigenvalue weighted by Gasteiger charge is -2.34. The zero-order valence-electron chi connectivity index (χ0n) is 19.6. The molecule has 3 aromatic rings. The number of nitrogens with zero attached hydrogens (tertiary/aromatic N) is 3. The summed E-state index contributed by atoms with van der Waals surface area (Å²) in [6.45, 7) is 5.03. The Balaban J connectivity index is 1.58. The van der Waals surface area contributed by atoms with Crippen LogP contribution in [0.25, 0.3) is 22.5 Å². The number of nitro groups is 1. The molecule has 2 N–H and O–H groups in total. The maximum absolute atomic E-state index is 13.8. The van der Waals surface area contributed by atoms with Gasteiger partial charge < -0.3 is 15.2 Å². The molecular formula is C25H25F2N5O4. The van der Waals surface area contributed by atoms with Gasteiger partial charge in [-0.05, 0) is 24.3 Å². The Kier molecular flexibility index (Phi) is 7.39. The topological polar surface area (TPSA) is 112 Å². The second-order valence-electron chi connectivity index (χ2n) is 8.51. The Morgan fingerprint density at radius 2 is 1.72 bits per heavy atom. The van der Waals surface area contributed by atoms with Gasteiger partial charge >= 0.3 is 0 Å². The van der Waals surface area contributed by atoms with Crippen molar-refractivity contribution in [1.29, 1.82) is 0 Å². The van der Waals surface area contributed by atoms with Crippen LogP contribution in [0, 0.1) is 21.7 Å². The van der Waals surface area contributed by atoms with Gasteiger partial charge in [-0.25, -0.2) is 8.78 Å². The van der Waals surface area contributed by atoms with E-state index in [9.17, 15) is 28.5 Å². The van der Waals surface area contributed by atoms with Crippen molar-refractivity contribution in [2.24, 2.45) is 0 Å². The summed E-state index contributed by atoms with van der Waals surface area (Å²) >= 11 is 0. The van der Waals surface area contributed by atoms with Crippen molar-refractivity contribution in [3.8, 4) is 22.5 Å². The van der Waals surface area contributed by atoms with E-state index in [1.54, 1.807) is 11.0 Å². The monoisotopic (exact) mass is 497 g/mol. The van der Waals surface area contributed by atoms with Gasteiger partial charge in [-0.1, -0.05) is 12.1 Å². The van der Waals surface area contributed by atoms with E-state index in [0.29, 0.717) is 39.3 Å². The van der Waals surface area contributed by atoms with Gasteiger partial charge in [0.15, 0.2) is 0 Å². The number of H-pyrrole nitrogens is 1. The highest BCUT2D eigenvalue weighted by Gasteiger charge is 2.24. The van der Waals surface area contributed by atoms with Gasteiger partial charge in [0.1, 0.15) is 11.6 Å². The molecule has 0 spiro atoms. The molecule has 9 nitrogen and oxygen atoms in total. The number of rotatable bonds is 7. The summed E-state index contributed by atoms with van der Waals surface area (Å²) in [5, 5.41) is 14.4. The third-order valence-electron chi connectivity index (χ3n) is 6.14. The second-order valence-corrected chi connectivity index (χ2v) is 8.51. The van der Waals surface area contributed by atoms with E-state index >= 15 is 0 Å². The fraction of sp³-hybridized carbons (Fsp3) is 0.280. The minimum Gasteiger partial charge on any atom is -0.354 e. The predicted octanol–water partition coefficient (Wildman–Crippen LogP) is 3.43. The van der Waals surface area contributed by atoms with Crippen LogP contribution >= 0.6 is 0 Å². The van der Waals surface area contributed by atoms with E-state index in [1.165, 1.54) is 31.2 Å². The quantitative estimate of drug-likeness (QED) is 0.384. The Hall–Kier alpha value is -4.12. The maximum Gasteiger partial charge on any atom is 0.278 e. The van der Waals surface area contributed by atoms with Crippen LogP contribution in [0.2, 0.25) is 0 Å². The van der Waals surface area contributed by atoms with Crippen molar-refractivity contribution >= 4 is 17.5 Å². The zero-order chi connectivity index (χ0) is 25.8. The molecular weight excluding hydrogens is 472 g/mol. The summed E-state index contributed by atoms with van der Waals surface area (Å²) in [5.41, 5.74) is 0.659. The molecule has 0 saturated carbocycles. The van der Waals surface area contributed by atoms with Gasteiger partial charge in [0, 0.05) is 69.6 Å². The van der Waals surface area contributed by atoms with Crippen LogP contribution in [0.4, 0.5) is 14.5 Å². The number of nitro benzene ring substituents is 1. The van der Waals surface area contributed by atoms with Gasteiger partial charge in [-0.3, -0.25) is 24.6 Å². The summed E-state index contributed by atoms with van der Waals surface area (Å²) in [6, 6.07) is 10.3. The highest BCUT2D eigenvalue weighted by molar-refractivity contribution is 6.02. The van der Waals surface area contributed by atoms with Crippen molar-refractivity contribution in [3.05, 3.63) is 75.8 Å². The molecule has 1 aliphatic heterocycles. The van der Waals surface area contributed by atoms with Gasteiger partial charge in [0.05, 0.1) is 21.7 Å². The van der Waals surface area contributed by atoms with Crippen LogP contribution in [-0.2, 0) is 4.79 Å². The molecule has 4 rings (SSSR count). The molecule has 0 radical (unpaired) electrons. The van der Waals surface area contributed by atoms with Gasteiger partial charge in [-0.2, -0.15) is 0 Å². The molecule has 1 saturated heterocycles. The molecule has 2 amide bonds. The SMILES string of the molecule is CC(=O)N1CCN(CCNC(=O)c2cc(-c3cc(F)cc(F)c3)[nH]c2-c2ccccc2[N+](=O)[O-])CC1. The van der Waals surface area contributed by atoms with E-state index in [-0.39, 0.29) is 39.7 Å². The number of aromatic amines is 1. The lowest BCUT2D eigenvalue weighted by molar-refractivity contribution is -0.384. The average Bonchev–Trinajstić information content (AvgIpc) is 3.29. The Bertz CT molecular complexity index is 1280. The molecule has 1 fully saturated rings. The largest absolute Gasteiger partial charge is 0.354 e. The van der Waals surface area contributed by atoms with Crippen LogP contribution in [0.3, 0.4) is 0 Å². The number of amides is 2. The van der Waals surface area contributed by atoms with Crippen LogP contribution < -0.4 is 5.32 Å². The first kappa shape index (κ1) is 25.0. The van der Waals surface area contributed by atoms with Crippen LogP contribution in [0.5, 0.6) is 0 Å². The number of carbonyl (C=O) groups is 2. The molecule has 11 heteroatoms. The predicted molar refractivity (Wildman–Crippen MR) is 129 cm³/mol. The van der Waals surface area contributed by atoms with Crippen molar-refractivity contribution in [2.45, 2.75) is 6.92 Å². The molecule has 188 valence electrons. The van der Waals surface area contributed by atoms with Gasteiger partial charge in [0.2, 0.25) is 5.91 Å². The van der Waals surface area contributed by atoms with Crippen LogP contribution in [0.15, 0.2) is 48.5 Å². The number of aromatic nitrogens is 1. The van der Waals surface area contributed by atoms with Crippen LogP contribution in [0.1, 0.15) is 17.3 Å².